The van der Waals surface area contributed by atoms with Gasteiger partial charge in [0.25, 0.3) is 0 Å². The molecule has 0 spiro atoms. The highest BCUT2D eigenvalue weighted by Gasteiger charge is 2.09. The number of rotatable bonds is 7. The van der Waals surface area contributed by atoms with Gasteiger partial charge in [0, 0.05) is 11.4 Å². The highest BCUT2D eigenvalue weighted by Crippen LogP contribution is 2.21. The van der Waals surface area contributed by atoms with E-state index in [4.69, 9.17) is 4.98 Å². The molecule has 0 aliphatic rings. The van der Waals surface area contributed by atoms with Crippen molar-refractivity contribution in [3.63, 3.8) is 0 Å². The summed E-state index contributed by atoms with van der Waals surface area (Å²) in [4.78, 5) is 6.08. The van der Waals surface area contributed by atoms with E-state index in [9.17, 15) is 0 Å². The summed E-state index contributed by atoms with van der Waals surface area (Å²) in [5.74, 6) is 0.987. The van der Waals surface area contributed by atoms with Gasteiger partial charge in [-0.05, 0) is 30.0 Å². The SMILES string of the molecule is CCCCCn1c(NCc2cccs2)nc2ccccc21. The predicted octanol–water partition coefficient (Wildman–Crippen LogP) is 4.90. The van der Waals surface area contributed by atoms with E-state index in [0.29, 0.717) is 0 Å². The zero-order chi connectivity index (χ0) is 14.5. The Kier molecular flexibility index (Phi) is 4.55. The van der Waals surface area contributed by atoms with Gasteiger partial charge in [-0.3, -0.25) is 0 Å². The third-order valence-corrected chi connectivity index (χ3v) is 4.52. The number of anilines is 1. The van der Waals surface area contributed by atoms with Gasteiger partial charge in [-0.25, -0.2) is 4.98 Å². The number of imidazole rings is 1. The number of thiophene rings is 1. The topological polar surface area (TPSA) is 29.9 Å². The minimum absolute atomic E-state index is 0.842. The Morgan fingerprint density at radius 3 is 2.86 bits per heavy atom. The summed E-state index contributed by atoms with van der Waals surface area (Å²) in [6.07, 6.45) is 3.70. The van der Waals surface area contributed by atoms with Crippen LogP contribution in [-0.4, -0.2) is 9.55 Å². The third kappa shape index (κ3) is 3.27. The minimum Gasteiger partial charge on any atom is -0.351 e. The van der Waals surface area contributed by atoms with E-state index < -0.39 is 0 Å². The lowest BCUT2D eigenvalue weighted by atomic mass is 10.2. The predicted molar refractivity (Wildman–Crippen MR) is 90.9 cm³/mol. The second kappa shape index (κ2) is 6.76. The fourth-order valence-electron chi connectivity index (χ4n) is 2.54. The molecule has 0 saturated heterocycles. The number of fused-ring (bicyclic) bond motifs is 1. The number of para-hydroxylation sites is 2. The molecule has 1 N–H and O–H groups in total. The van der Waals surface area contributed by atoms with Crippen LogP contribution in [0.15, 0.2) is 41.8 Å². The number of hydrogen-bond donors (Lipinski definition) is 1. The van der Waals surface area contributed by atoms with Crippen molar-refractivity contribution in [1.29, 1.82) is 0 Å². The van der Waals surface area contributed by atoms with E-state index in [0.717, 1.165) is 24.6 Å². The maximum atomic E-state index is 4.75. The Balaban J connectivity index is 1.83. The first kappa shape index (κ1) is 14.1. The summed E-state index contributed by atoms with van der Waals surface area (Å²) < 4.78 is 2.32. The van der Waals surface area contributed by atoms with Crippen LogP contribution in [-0.2, 0) is 13.1 Å². The standard InChI is InChI=1S/C17H21N3S/c1-2-3-6-11-20-16-10-5-4-9-15(16)19-17(20)18-13-14-8-7-12-21-14/h4-5,7-10,12H,2-3,6,11,13H2,1H3,(H,18,19). The largest absolute Gasteiger partial charge is 0.351 e. The molecule has 0 bridgehead atoms. The number of hydrogen-bond acceptors (Lipinski definition) is 3. The molecule has 0 aliphatic heterocycles. The third-order valence-electron chi connectivity index (χ3n) is 3.64. The molecule has 0 fully saturated rings. The molecule has 3 rings (SSSR count). The van der Waals surface area contributed by atoms with E-state index in [1.807, 2.05) is 0 Å². The van der Waals surface area contributed by atoms with Crippen LogP contribution in [0.5, 0.6) is 0 Å². The van der Waals surface area contributed by atoms with Gasteiger partial charge in [0.05, 0.1) is 17.6 Å². The Morgan fingerprint density at radius 1 is 1.14 bits per heavy atom. The molecule has 4 heteroatoms. The number of aromatic nitrogens is 2. The molecule has 21 heavy (non-hydrogen) atoms. The Labute approximate surface area is 129 Å². The first-order valence-corrected chi connectivity index (χ1v) is 8.48. The van der Waals surface area contributed by atoms with Crippen LogP contribution in [0.1, 0.15) is 31.1 Å². The van der Waals surface area contributed by atoms with Crippen molar-refractivity contribution >= 4 is 28.3 Å². The fourth-order valence-corrected chi connectivity index (χ4v) is 3.18. The summed E-state index contributed by atoms with van der Waals surface area (Å²) >= 11 is 1.78. The van der Waals surface area contributed by atoms with E-state index >= 15 is 0 Å². The van der Waals surface area contributed by atoms with Crippen LogP contribution in [0, 0.1) is 0 Å². The van der Waals surface area contributed by atoms with E-state index in [1.165, 1.54) is 29.7 Å². The molecule has 2 heterocycles. The van der Waals surface area contributed by atoms with Gasteiger partial charge >= 0.3 is 0 Å². The smallest absolute Gasteiger partial charge is 0.204 e. The number of nitrogens with one attached hydrogen (secondary N) is 1. The molecule has 0 aliphatic carbocycles. The fraction of sp³-hybridized carbons (Fsp3) is 0.353. The summed E-state index contributed by atoms with van der Waals surface area (Å²) in [6, 6.07) is 12.6. The van der Waals surface area contributed by atoms with Crippen molar-refractivity contribution in [2.24, 2.45) is 0 Å². The number of benzene rings is 1. The summed E-state index contributed by atoms with van der Waals surface area (Å²) in [6.45, 7) is 4.11. The van der Waals surface area contributed by atoms with Crippen molar-refractivity contribution in [3.8, 4) is 0 Å². The van der Waals surface area contributed by atoms with Crippen molar-refractivity contribution < 1.29 is 0 Å². The lowest BCUT2D eigenvalue weighted by Gasteiger charge is -2.10. The van der Waals surface area contributed by atoms with Gasteiger partial charge in [0.15, 0.2) is 0 Å². The molecule has 1 aromatic carbocycles. The molecule has 110 valence electrons. The average molecular weight is 299 g/mol. The Bertz CT molecular complexity index is 685. The maximum absolute atomic E-state index is 4.75. The van der Waals surface area contributed by atoms with Crippen LogP contribution in [0.3, 0.4) is 0 Å². The van der Waals surface area contributed by atoms with E-state index in [1.54, 1.807) is 11.3 Å². The monoisotopic (exact) mass is 299 g/mol. The first-order valence-electron chi connectivity index (χ1n) is 7.60. The second-order valence-electron chi connectivity index (χ2n) is 5.22. The highest BCUT2D eigenvalue weighted by atomic mass is 32.1. The lowest BCUT2D eigenvalue weighted by molar-refractivity contribution is 0.616. The van der Waals surface area contributed by atoms with Crippen molar-refractivity contribution in [2.75, 3.05) is 5.32 Å². The van der Waals surface area contributed by atoms with Crippen LogP contribution in [0.2, 0.25) is 0 Å². The molecule has 0 amide bonds. The van der Waals surface area contributed by atoms with Crippen molar-refractivity contribution in [1.82, 2.24) is 9.55 Å². The molecule has 0 unspecified atom stereocenters. The Hall–Kier alpha value is -1.81. The molecule has 3 aromatic rings. The van der Waals surface area contributed by atoms with Crippen molar-refractivity contribution in [2.45, 2.75) is 39.3 Å². The summed E-state index contributed by atoms with van der Waals surface area (Å²) in [5, 5.41) is 5.61. The maximum Gasteiger partial charge on any atom is 0.204 e. The van der Waals surface area contributed by atoms with E-state index in [-0.39, 0.29) is 0 Å². The van der Waals surface area contributed by atoms with Gasteiger partial charge < -0.3 is 9.88 Å². The first-order chi connectivity index (χ1) is 10.4. The summed E-state index contributed by atoms with van der Waals surface area (Å²) in [7, 11) is 0. The quantitative estimate of drug-likeness (QED) is 0.629. The van der Waals surface area contributed by atoms with Gasteiger partial charge in [0.2, 0.25) is 5.95 Å². The van der Waals surface area contributed by atoms with Gasteiger partial charge in [-0.15, -0.1) is 11.3 Å². The van der Waals surface area contributed by atoms with Crippen LogP contribution in [0.4, 0.5) is 5.95 Å². The van der Waals surface area contributed by atoms with Crippen LogP contribution >= 0.6 is 11.3 Å². The van der Waals surface area contributed by atoms with Gasteiger partial charge in [0.1, 0.15) is 0 Å². The van der Waals surface area contributed by atoms with E-state index in [2.05, 4.69) is 58.6 Å². The second-order valence-corrected chi connectivity index (χ2v) is 6.25. The highest BCUT2D eigenvalue weighted by molar-refractivity contribution is 7.09. The molecular weight excluding hydrogens is 278 g/mol. The molecule has 0 atom stereocenters. The van der Waals surface area contributed by atoms with Crippen molar-refractivity contribution in [3.05, 3.63) is 46.7 Å². The lowest BCUT2D eigenvalue weighted by Crippen LogP contribution is -2.07. The zero-order valence-electron chi connectivity index (χ0n) is 12.4. The molecule has 0 radical (unpaired) electrons. The molecular formula is C17H21N3S. The molecule has 3 nitrogen and oxygen atoms in total. The number of unbranched alkanes of at least 4 members (excludes halogenated alkanes) is 2. The minimum atomic E-state index is 0.842. The zero-order valence-corrected chi connectivity index (χ0v) is 13.2. The van der Waals surface area contributed by atoms with Crippen LogP contribution in [0.25, 0.3) is 11.0 Å². The summed E-state index contributed by atoms with van der Waals surface area (Å²) in [5.41, 5.74) is 2.30. The Morgan fingerprint density at radius 2 is 2.05 bits per heavy atom. The van der Waals surface area contributed by atoms with Gasteiger partial charge in [-0.2, -0.15) is 0 Å². The average Bonchev–Trinajstić information content (AvgIpc) is 3.13. The number of aryl methyl sites for hydroxylation is 1. The number of nitrogens with zero attached hydrogens (tertiary/aromatic N) is 2. The normalized spacial score (nSPS) is 11.1. The molecule has 2 aromatic heterocycles. The molecule has 0 saturated carbocycles. The van der Waals surface area contributed by atoms with Crippen LogP contribution < -0.4 is 5.32 Å². The van der Waals surface area contributed by atoms with Gasteiger partial charge in [-0.1, -0.05) is 38.0 Å².